The summed E-state index contributed by atoms with van der Waals surface area (Å²) >= 11 is 0. The second-order valence-electron chi connectivity index (χ2n) is 4.14. The smallest absolute Gasteiger partial charge is 0.127 e. The van der Waals surface area contributed by atoms with Crippen LogP contribution in [0, 0.1) is 13.8 Å². The van der Waals surface area contributed by atoms with Gasteiger partial charge in [-0.15, -0.1) is 0 Å². The number of ether oxygens (including phenoxy) is 1. The number of aryl methyl sites for hydroxylation is 2. The predicted octanol–water partition coefficient (Wildman–Crippen LogP) is 1.48. The summed E-state index contributed by atoms with van der Waals surface area (Å²) in [4.78, 5) is 0. The normalized spacial score (nSPS) is 14.8. The van der Waals surface area contributed by atoms with Crippen molar-refractivity contribution >= 4 is 0 Å². The van der Waals surface area contributed by atoms with Crippen molar-refractivity contribution in [2.45, 2.75) is 26.4 Å². The molecule has 0 aliphatic heterocycles. The summed E-state index contributed by atoms with van der Waals surface area (Å²) < 4.78 is 5.30. The highest BCUT2D eigenvalue weighted by Crippen LogP contribution is 2.33. The molecule has 0 saturated carbocycles. The highest BCUT2D eigenvalue weighted by molar-refractivity contribution is 5.46. The van der Waals surface area contributed by atoms with Gasteiger partial charge in [0, 0.05) is 12.1 Å². The lowest BCUT2D eigenvalue weighted by molar-refractivity contribution is 0.0639. The molecule has 0 saturated heterocycles. The maximum atomic E-state index is 10.2. The highest BCUT2D eigenvalue weighted by atomic mass is 16.5. The van der Waals surface area contributed by atoms with Crippen molar-refractivity contribution in [1.82, 2.24) is 0 Å². The average Bonchev–Trinajstić information content (AvgIpc) is 2.16. The Balaban J connectivity index is 3.39. The molecule has 0 heterocycles. The molecule has 0 aromatic heterocycles. The Bertz CT molecular complexity index is 359. The van der Waals surface area contributed by atoms with E-state index in [4.69, 9.17) is 10.5 Å². The Hall–Kier alpha value is -1.06. The fourth-order valence-corrected chi connectivity index (χ4v) is 1.74. The molecule has 3 N–H and O–H groups in total. The number of rotatable bonds is 3. The van der Waals surface area contributed by atoms with Gasteiger partial charge in [0.2, 0.25) is 0 Å². The van der Waals surface area contributed by atoms with E-state index in [2.05, 4.69) is 0 Å². The van der Waals surface area contributed by atoms with Crippen LogP contribution in [0.25, 0.3) is 0 Å². The van der Waals surface area contributed by atoms with Crippen molar-refractivity contribution in [2.75, 3.05) is 13.7 Å². The Kier molecular flexibility index (Phi) is 3.37. The SMILES string of the molecule is COc1c(C)cc(C)cc1C(C)(O)CN. The van der Waals surface area contributed by atoms with Crippen LogP contribution in [0.3, 0.4) is 0 Å². The van der Waals surface area contributed by atoms with E-state index in [0.29, 0.717) is 0 Å². The third-order valence-electron chi connectivity index (χ3n) is 2.60. The fourth-order valence-electron chi connectivity index (χ4n) is 1.74. The summed E-state index contributed by atoms with van der Waals surface area (Å²) in [5.74, 6) is 0.719. The molecule has 0 amide bonds. The van der Waals surface area contributed by atoms with Crippen molar-refractivity contribution in [2.24, 2.45) is 5.73 Å². The van der Waals surface area contributed by atoms with E-state index >= 15 is 0 Å². The first-order chi connectivity index (χ1) is 6.92. The molecule has 0 spiro atoms. The topological polar surface area (TPSA) is 55.5 Å². The van der Waals surface area contributed by atoms with Gasteiger partial charge in [0.05, 0.1) is 7.11 Å². The summed E-state index contributed by atoms with van der Waals surface area (Å²) in [6.07, 6.45) is 0. The molecule has 1 unspecified atom stereocenters. The molecule has 0 aliphatic rings. The van der Waals surface area contributed by atoms with Gasteiger partial charge in [-0.3, -0.25) is 0 Å². The highest BCUT2D eigenvalue weighted by Gasteiger charge is 2.26. The summed E-state index contributed by atoms with van der Waals surface area (Å²) in [5.41, 5.74) is 7.38. The number of hydrogen-bond acceptors (Lipinski definition) is 3. The predicted molar refractivity (Wildman–Crippen MR) is 61.1 cm³/mol. The van der Waals surface area contributed by atoms with E-state index in [-0.39, 0.29) is 6.54 Å². The maximum absolute atomic E-state index is 10.2. The Labute approximate surface area is 90.9 Å². The van der Waals surface area contributed by atoms with Crippen LogP contribution in [0.5, 0.6) is 5.75 Å². The minimum atomic E-state index is -1.04. The molecule has 0 bridgehead atoms. The van der Waals surface area contributed by atoms with Gasteiger partial charge in [-0.2, -0.15) is 0 Å². The van der Waals surface area contributed by atoms with Gasteiger partial charge in [-0.25, -0.2) is 0 Å². The van der Waals surface area contributed by atoms with Gasteiger partial charge >= 0.3 is 0 Å². The number of benzene rings is 1. The second-order valence-corrected chi connectivity index (χ2v) is 4.14. The lowest BCUT2D eigenvalue weighted by Crippen LogP contribution is -2.32. The molecule has 0 aliphatic carbocycles. The van der Waals surface area contributed by atoms with E-state index in [1.807, 2.05) is 26.0 Å². The van der Waals surface area contributed by atoms with Crippen LogP contribution in [-0.2, 0) is 5.60 Å². The monoisotopic (exact) mass is 209 g/mol. The summed E-state index contributed by atoms with van der Waals surface area (Å²) in [5, 5.41) is 10.2. The Morgan fingerprint density at radius 1 is 1.40 bits per heavy atom. The molecule has 1 aromatic rings. The quantitative estimate of drug-likeness (QED) is 0.792. The number of hydrogen-bond donors (Lipinski definition) is 2. The number of aliphatic hydroxyl groups is 1. The first-order valence-electron chi connectivity index (χ1n) is 5.00. The zero-order chi connectivity index (χ0) is 11.6. The van der Waals surface area contributed by atoms with E-state index in [9.17, 15) is 5.11 Å². The second kappa shape index (κ2) is 4.21. The van der Waals surface area contributed by atoms with Crippen LogP contribution >= 0.6 is 0 Å². The minimum absolute atomic E-state index is 0.173. The molecule has 1 atom stereocenters. The summed E-state index contributed by atoms with van der Waals surface area (Å²) in [6.45, 7) is 5.82. The lowest BCUT2D eigenvalue weighted by atomic mass is 9.92. The summed E-state index contributed by atoms with van der Waals surface area (Å²) in [6, 6.07) is 3.94. The van der Waals surface area contributed by atoms with Crippen molar-refractivity contribution in [1.29, 1.82) is 0 Å². The van der Waals surface area contributed by atoms with Crippen LogP contribution < -0.4 is 10.5 Å². The van der Waals surface area contributed by atoms with Gasteiger partial charge in [-0.05, 0) is 32.4 Å². The molecular weight excluding hydrogens is 190 g/mol. The van der Waals surface area contributed by atoms with Crippen LogP contribution in [0.2, 0.25) is 0 Å². The first-order valence-corrected chi connectivity index (χ1v) is 5.00. The maximum Gasteiger partial charge on any atom is 0.127 e. The fraction of sp³-hybridized carbons (Fsp3) is 0.500. The average molecular weight is 209 g/mol. The lowest BCUT2D eigenvalue weighted by Gasteiger charge is -2.25. The number of methoxy groups -OCH3 is 1. The van der Waals surface area contributed by atoms with E-state index in [1.165, 1.54) is 0 Å². The zero-order valence-electron chi connectivity index (χ0n) is 9.79. The Morgan fingerprint density at radius 2 is 2.00 bits per heavy atom. The van der Waals surface area contributed by atoms with E-state index < -0.39 is 5.60 Å². The molecular formula is C12H19NO2. The van der Waals surface area contributed by atoms with E-state index in [0.717, 1.165) is 22.4 Å². The van der Waals surface area contributed by atoms with Crippen LogP contribution in [0.15, 0.2) is 12.1 Å². The van der Waals surface area contributed by atoms with Gasteiger partial charge in [-0.1, -0.05) is 11.6 Å². The molecule has 3 heteroatoms. The minimum Gasteiger partial charge on any atom is -0.496 e. The molecule has 0 radical (unpaired) electrons. The molecule has 15 heavy (non-hydrogen) atoms. The number of nitrogens with two attached hydrogens (primary N) is 1. The van der Waals surface area contributed by atoms with Crippen LogP contribution in [-0.4, -0.2) is 18.8 Å². The third-order valence-corrected chi connectivity index (χ3v) is 2.60. The van der Waals surface area contributed by atoms with Crippen molar-refractivity contribution < 1.29 is 9.84 Å². The van der Waals surface area contributed by atoms with Crippen molar-refractivity contribution in [3.63, 3.8) is 0 Å². The van der Waals surface area contributed by atoms with E-state index in [1.54, 1.807) is 14.0 Å². The zero-order valence-corrected chi connectivity index (χ0v) is 9.79. The van der Waals surface area contributed by atoms with Crippen LogP contribution in [0.1, 0.15) is 23.6 Å². The standard InChI is InChI=1S/C12H19NO2/c1-8-5-9(2)11(15-4)10(6-8)12(3,14)7-13/h5-6,14H,7,13H2,1-4H3. The van der Waals surface area contributed by atoms with Crippen molar-refractivity contribution in [3.05, 3.63) is 28.8 Å². The van der Waals surface area contributed by atoms with Crippen LogP contribution in [0.4, 0.5) is 0 Å². The molecule has 84 valence electrons. The first kappa shape index (κ1) is 12.0. The third kappa shape index (κ3) is 2.30. The Morgan fingerprint density at radius 3 is 2.47 bits per heavy atom. The van der Waals surface area contributed by atoms with Gasteiger partial charge in [0.25, 0.3) is 0 Å². The van der Waals surface area contributed by atoms with Crippen molar-refractivity contribution in [3.8, 4) is 5.75 Å². The molecule has 1 aromatic carbocycles. The molecule has 0 fully saturated rings. The van der Waals surface area contributed by atoms with Gasteiger partial charge < -0.3 is 15.6 Å². The van der Waals surface area contributed by atoms with Gasteiger partial charge in [0.1, 0.15) is 11.4 Å². The summed E-state index contributed by atoms with van der Waals surface area (Å²) in [7, 11) is 1.60. The molecule has 3 nitrogen and oxygen atoms in total. The molecule has 1 rings (SSSR count). The van der Waals surface area contributed by atoms with Gasteiger partial charge in [0.15, 0.2) is 0 Å². The largest absolute Gasteiger partial charge is 0.496 e.